The Morgan fingerprint density at radius 3 is 2.48 bits per heavy atom. The summed E-state index contributed by atoms with van der Waals surface area (Å²) >= 11 is 5.20. The quantitative estimate of drug-likeness (QED) is 0.565. The van der Waals surface area contributed by atoms with Crippen molar-refractivity contribution in [2.75, 3.05) is 6.54 Å². The summed E-state index contributed by atoms with van der Waals surface area (Å²) in [6, 6.07) is 7.70. The van der Waals surface area contributed by atoms with Gasteiger partial charge in [-0.05, 0) is 49.2 Å². The van der Waals surface area contributed by atoms with E-state index in [1.165, 1.54) is 12.8 Å². The second-order valence-corrected chi connectivity index (χ2v) is 7.06. The Kier molecular flexibility index (Phi) is 5.86. The van der Waals surface area contributed by atoms with Crippen molar-refractivity contribution >= 4 is 29.1 Å². The highest BCUT2D eigenvalue weighted by Crippen LogP contribution is 2.17. The third-order valence-electron chi connectivity index (χ3n) is 4.74. The zero-order valence-electron chi connectivity index (χ0n) is 14.2. The van der Waals surface area contributed by atoms with Crippen molar-refractivity contribution in [3.05, 3.63) is 35.4 Å². The molecule has 7 heteroatoms. The maximum Gasteiger partial charge on any atom is 0.269 e. The number of amides is 2. The fourth-order valence-corrected chi connectivity index (χ4v) is 3.55. The summed E-state index contributed by atoms with van der Waals surface area (Å²) in [4.78, 5) is 25.7. The lowest BCUT2D eigenvalue weighted by Gasteiger charge is -2.17. The molecule has 3 rings (SSSR count). The van der Waals surface area contributed by atoms with Crippen LogP contribution in [-0.2, 0) is 11.3 Å². The first kappa shape index (κ1) is 17.7. The fraction of sp³-hybridized carbons (Fsp3) is 0.500. The van der Waals surface area contributed by atoms with Gasteiger partial charge in [0, 0.05) is 31.1 Å². The van der Waals surface area contributed by atoms with Crippen molar-refractivity contribution in [2.24, 2.45) is 0 Å². The first-order valence-electron chi connectivity index (χ1n) is 8.85. The van der Waals surface area contributed by atoms with Crippen molar-refractivity contribution in [1.29, 1.82) is 0 Å². The smallest absolute Gasteiger partial charge is 0.269 e. The molecule has 0 unspecified atom stereocenters. The van der Waals surface area contributed by atoms with Crippen LogP contribution in [0.5, 0.6) is 0 Å². The summed E-state index contributed by atoms with van der Waals surface area (Å²) in [6.45, 7) is 1.42. The number of nitrogens with zero attached hydrogens (tertiary/aromatic N) is 1. The minimum atomic E-state index is -0.237. The summed E-state index contributed by atoms with van der Waals surface area (Å²) in [5, 5.41) is 3.66. The Balaban J connectivity index is 1.45. The Labute approximate surface area is 153 Å². The van der Waals surface area contributed by atoms with Gasteiger partial charge < -0.3 is 10.2 Å². The molecule has 0 bridgehead atoms. The number of thiocarbonyl (C=S) groups is 1. The first-order chi connectivity index (χ1) is 12.1. The summed E-state index contributed by atoms with van der Waals surface area (Å²) in [6.07, 6.45) is 6.26. The Bertz CT molecular complexity index is 641. The van der Waals surface area contributed by atoms with Crippen LogP contribution in [0.1, 0.15) is 54.4 Å². The van der Waals surface area contributed by atoms with Crippen LogP contribution in [0.2, 0.25) is 0 Å². The molecule has 3 N–H and O–H groups in total. The molecule has 0 radical (unpaired) electrons. The lowest BCUT2D eigenvalue weighted by atomic mass is 10.1. The number of hydrazine groups is 1. The van der Waals surface area contributed by atoms with Crippen molar-refractivity contribution in [2.45, 2.75) is 51.1 Å². The highest BCUT2D eigenvalue weighted by Gasteiger charge is 2.20. The van der Waals surface area contributed by atoms with E-state index in [1.807, 2.05) is 17.0 Å². The van der Waals surface area contributed by atoms with Gasteiger partial charge in [-0.2, -0.15) is 0 Å². The van der Waals surface area contributed by atoms with E-state index in [9.17, 15) is 9.59 Å². The molecule has 2 amide bonds. The summed E-state index contributed by atoms with van der Waals surface area (Å²) in [7, 11) is 0. The van der Waals surface area contributed by atoms with Crippen LogP contribution in [0.4, 0.5) is 0 Å². The van der Waals surface area contributed by atoms with E-state index in [2.05, 4.69) is 16.2 Å². The van der Waals surface area contributed by atoms with Gasteiger partial charge in [0.15, 0.2) is 5.11 Å². The molecule has 1 saturated heterocycles. The summed E-state index contributed by atoms with van der Waals surface area (Å²) < 4.78 is 0. The van der Waals surface area contributed by atoms with E-state index < -0.39 is 0 Å². The number of carbonyl (C=O) groups is 2. The van der Waals surface area contributed by atoms with Gasteiger partial charge in [-0.25, -0.2) is 0 Å². The molecule has 0 atom stereocenters. The lowest BCUT2D eigenvalue weighted by Crippen LogP contribution is -2.49. The molecular weight excluding hydrogens is 336 g/mol. The van der Waals surface area contributed by atoms with Crippen LogP contribution < -0.4 is 16.2 Å². The molecule has 1 aliphatic heterocycles. The number of carbonyl (C=O) groups excluding carboxylic acids is 2. The van der Waals surface area contributed by atoms with E-state index in [1.54, 1.807) is 12.1 Å². The molecule has 0 aromatic heterocycles. The average Bonchev–Trinajstić information content (AvgIpc) is 3.26. The predicted molar refractivity (Wildman–Crippen MR) is 99.7 cm³/mol. The maximum absolute atomic E-state index is 12.2. The van der Waals surface area contributed by atoms with Gasteiger partial charge in [0.25, 0.3) is 5.91 Å². The van der Waals surface area contributed by atoms with E-state index in [0.717, 1.165) is 31.4 Å². The predicted octanol–water partition coefficient (Wildman–Crippen LogP) is 1.86. The summed E-state index contributed by atoms with van der Waals surface area (Å²) in [5.74, 6) is -0.0336. The van der Waals surface area contributed by atoms with Crippen molar-refractivity contribution in [1.82, 2.24) is 21.1 Å². The summed E-state index contributed by atoms with van der Waals surface area (Å²) in [5.41, 5.74) is 6.94. The molecule has 1 aromatic rings. The molecule has 6 nitrogen and oxygen atoms in total. The second-order valence-electron chi connectivity index (χ2n) is 6.65. The van der Waals surface area contributed by atoms with Crippen molar-refractivity contribution < 1.29 is 9.59 Å². The molecule has 25 heavy (non-hydrogen) atoms. The third kappa shape index (κ3) is 4.92. The Morgan fingerprint density at radius 2 is 1.84 bits per heavy atom. The minimum Gasteiger partial charge on any atom is -0.359 e. The van der Waals surface area contributed by atoms with Gasteiger partial charge in [-0.3, -0.25) is 20.4 Å². The number of rotatable bonds is 4. The molecule has 1 aliphatic carbocycles. The number of hydrogen-bond donors (Lipinski definition) is 3. The van der Waals surface area contributed by atoms with Crippen LogP contribution in [0.3, 0.4) is 0 Å². The number of nitrogens with one attached hydrogen (secondary N) is 3. The number of hydrogen-bond acceptors (Lipinski definition) is 3. The lowest BCUT2D eigenvalue weighted by molar-refractivity contribution is -0.128. The van der Waals surface area contributed by atoms with Crippen molar-refractivity contribution in [3.8, 4) is 0 Å². The van der Waals surface area contributed by atoms with Crippen LogP contribution in [0.15, 0.2) is 24.3 Å². The first-order valence-corrected chi connectivity index (χ1v) is 9.26. The molecule has 1 heterocycles. The van der Waals surface area contributed by atoms with E-state index >= 15 is 0 Å². The fourth-order valence-electron chi connectivity index (χ4n) is 3.33. The van der Waals surface area contributed by atoms with E-state index in [4.69, 9.17) is 12.2 Å². The average molecular weight is 360 g/mol. The van der Waals surface area contributed by atoms with Gasteiger partial charge in [0.1, 0.15) is 0 Å². The second kappa shape index (κ2) is 8.29. The maximum atomic E-state index is 12.2. The number of benzene rings is 1. The van der Waals surface area contributed by atoms with Gasteiger partial charge in [0.2, 0.25) is 5.91 Å². The SMILES string of the molecule is O=C(NNC(=S)NC1CCCC1)c1ccc(CN2CCCC2=O)cc1. The van der Waals surface area contributed by atoms with Gasteiger partial charge in [0.05, 0.1) is 0 Å². The zero-order chi connectivity index (χ0) is 17.6. The highest BCUT2D eigenvalue weighted by atomic mass is 32.1. The molecule has 2 aliphatic rings. The Hall–Kier alpha value is -2.15. The molecular formula is C18H24N4O2S. The molecule has 0 spiro atoms. The Morgan fingerprint density at radius 1 is 1.12 bits per heavy atom. The third-order valence-corrected chi connectivity index (χ3v) is 4.96. The molecule has 2 fully saturated rings. The van der Waals surface area contributed by atoms with Crippen LogP contribution in [0, 0.1) is 0 Å². The van der Waals surface area contributed by atoms with Gasteiger partial charge in [-0.1, -0.05) is 25.0 Å². The number of likely N-dealkylation sites (tertiary alicyclic amines) is 1. The normalized spacial score (nSPS) is 17.6. The largest absolute Gasteiger partial charge is 0.359 e. The van der Waals surface area contributed by atoms with E-state index in [-0.39, 0.29) is 11.8 Å². The van der Waals surface area contributed by atoms with Crippen LogP contribution in [-0.4, -0.2) is 34.4 Å². The van der Waals surface area contributed by atoms with E-state index in [0.29, 0.717) is 29.7 Å². The monoisotopic (exact) mass is 360 g/mol. The topological polar surface area (TPSA) is 73.5 Å². The minimum absolute atomic E-state index is 0.203. The highest BCUT2D eigenvalue weighted by molar-refractivity contribution is 7.80. The van der Waals surface area contributed by atoms with Crippen LogP contribution in [0.25, 0.3) is 0 Å². The van der Waals surface area contributed by atoms with Gasteiger partial charge >= 0.3 is 0 Å². The molecule has 134 valence electrons. The molecule has 1 saturated carbocycles. The zero-order valence-corrected chi connectivity index (χ0v) is 15.0. The standard InChI is InChI=1S/C18H24N4O2S/c23-16-6-3-11-22(16)12-13-7-9-14(10-8-13)17(24)20-21-18(25)19-15-4-1-2-5-15/h7-10,15H,1-6,11-12H2,(H,20,24)(H2,19,21,25). The van der Waals surface area contributed by atoms with Gasteiger partial charge in [-0.15, -0.1) is 0 Å². The molecule has 1 aromatic carbocycles. The van der Waals surface area contributed by atoms with Crippen molar-refractivity contribution in [3.63, 3.8) is 0 Å². The van der Waals surface area contributed by atoms with Crippen LogP contribution >= 0.6 is 12.2 Å².